The van der Waals surface area contributed by atoms with Crippen molar-refractivity contribution < 1.29 is 14.6 Å². The summed E-state index contributed by atoms with van der Waals surface area (Å²) in [5.74, 6) is -1.09. The van der Waals surface area contributed by atoms with Gasteiger partial charge in [0.25, 0.3) is 0 Å². The maximum Gasteiger partial charge on any atom is 0.358 e. The molecule has 1 aliphatic rings. The van der Waals surface area contributed by atoms with E-state index in [1.54, 1.807) is 11.6 Å². The van der Waals surface area contributed by atoms with Crippen LogP contribution in [0.15, 0.2) is 11.6 Å². The van der Waals surface area contributed by atoms with Crippen molar-refractivity contribution in [3.8, 4) is 5.13 Å². The fourth-order valence-corrected chi connectivity index (χ4v) is 2.59. The first-order valence-corrected chi connectivity index (χ1v) is 6.35. The monoisotopic (exact) mass is 266 g/mol. The van der Waals surface area contributed by atoms with Crippen LogP contribution in [-0.2, 0) is 4.74 Å². The van der Waals surface area contributed by atoms with E-state index in [1.807, 2.05) is 0 Å². The van der Waals surface area contributed by atoms with E-state index in [2.05, 4.69) is 15.3 Å². The van der Waals surface area contributed by atoms with Gasteiger partial charge in [-0.1, -0.05) is 5.21 Å². The standard InChI is InChI=1S/C10H10N4O3S/c15-9(16)7-8(6-2-1-4-17-6)14(13-12-7)10-11-3-5-18-10/h3,5-6H,1-2,4H2,(H,15,16). The Bertz CT molecular complexity index is 560. The second-order valence-corrected chi connectivity index (χ2v) is 4.73. The van der Waals surface area contributed by atoms with Crippen molar-refractivity contribution in [1.82, 2.24) is 20.0 Å². The molecule has 1 atom stereocenters. The molecule has 3 heterocycles. The number of carboxylic acids is 1. The van der Waals surface area contributed by atoms with E-state index in [4.69, 9.17) is 9.84 Å². The summed E-state index contributed by atoms with van der Waals surface area (Å²) in [5.41, 5.74) is 0.423. The second kappa shape index (κ2) is 4.46. The van der Waals surface area contributed by atoms with Crippen LogP contribution >= 0.6 is 11.3 Å². The Balaban J connectivity index is 2.11. The van der Waals surface area contributed by atoms with Gasteiger partial charge < -0.3 is 9.84 Å². The molecule has 0 aliphatic carbocycles. The van der Waals surface area contributed by atoms with Crippen LogP contribution in [0.5, 0.6) is 0 Å². The average Bonchev–Trinajstić information content (AvgIpc) is 3.10. The number of nitrogens with zero attached hydrogens (tertiary/aromatic N) is 4. The molecule has 1 fully saturated rings. The number of aromatic nitrogens is 4. The molecule has 1 unspecified atom stereocenters. The summed E-state index contributed by atoms with van der Waals surface area (Å²) < 4.78 is 7.00. The lowest BCUT2D eigenvalue weighted by molar-refractivity contribution is 0.0673. The number of hydrogen-bond acceptors (Lipinski definition) is 6. The zero-order valence-electron chi connectivity index (χ0n) is 9.31. The number of ether oxygens (including phenoxy) is 1. The first-order valence-electron chi connectivity index (χ1n) is 5.47. The Kier molecular flexibility index (Phi) is 2.80. The third kappa shape index (κ3) is 1.79. The Morgan fingerprint density at radius 2 is 2.50 bits per heavy atom. The number of carboxylic acid groups (broad SMARTS) is 1. The molecule has 3 rings (SSSR count). The van der Waals surface area contributed by atoms with Crippen molar-refractivity contribution in [2.45, 2.75) is 18.9 Å². The number of thiazole rings is 1. The molecule has 2 aromatic rings. The molecule has 0 aromatic carbocycles. The first-order chi connectivity index (χ1) is 8.77. The molecule has 0 bridgehead atoms. The van der Waals surface area contributed by atoms with Crippen LogP contribution in [-0.4, -0.2) is 37.7 Å². The van der Waals surface area contributed by atoms with Crippen molar-refractivity contribution in [2.24, 2.45) is 0 Å². The van der Waals surface area contributed by atoms with Crippen LogP contribution in [0.25, 0.3) is 5.13 Å². The van der Waals surface area contributed by atoms with Crippen LogP contribution in [0.1, 0.15) is 35.1 Å². The van der Waals surface area contributed by atoms with Crippen molar-refractivity contribution >= 4 is 17.3 Å². The Labute approximate surface area is 106 Å². The van der Waals surface area contributed by atoms with Gasteiger partial charge >= 0.3 is 5.97 Å². The molecule has 1 aliphatic heterocycles. The molecule has 1 saturated heterocycles. The van der Waals surface area contributed by atoms with Crippen LogP contribution < -0.4 is 0 Å². The number of aromatic carboxylic acids is 1. The molecule has 7 nitrogen and oxygen atoms in total. The molecule has 94 valence electrons. The molecule has 0 spiro atoms. The van der Waals surface area contributed by atoms with E-state index < -0.39 is 5.97 Å². The minimum atomic E-state index is -1.09. The van der Waals surface area contributed by atoms with Crippen molar-refractivity contribution in [3.05, 3.63) is 23.0 Å². The molecular formula is C10H10N4O3S. The first kappa shape index (κ1) is 11.3. The third-order valence-electron chi connectivity index (χ3n) is 2.74. The van der Waals surface area contributed by atoms with Gasteiger partial charge in [0.15, 0.2) is 5.69 Å². The zero-order valence-corrected chi connectivity index (χ0v) is 10.1. The summed E-state index contributed by atoms with van der Waals surface area (Å²) in [6, 6.07) is 0. The predicted molar refractivity (Wildman–Crippen MR) is 61.9 cm³/mol. The topological polar surface area (TPSA) is 90.1 Å². The molecule has 8 heteroatoms. The Morgan fingerprint density at radius 3 is 3.11 bits per heavy atom. The van der Waals surface area contributed by atoms with E-state index in [-0.39, 0.29) is 11.8 Å². The largest absolute Gasteiger partial charge is 0.476 e. The van der Waals surface area contributed by atoms with E-state index in [0.717, 1.165) is 12.8 Å². The highest BCUT2D eigenvalue weighted by molar-refractivity contribution is 7.12. The van der Waals surface area contributed by atoms with E-state index >= 15 is 0 Å². The van der Waals surface area contributed by atoms with Crippen LogP contribution in [0, 0.1) is 0 Å². The second-order valence-electron chi connectivity index (χ2n) is 3.86. The molecular weight excluding hydrogens is 256 g/mol. The Hall–Kier alpha value is -1.80. The van der Waals surface area contributed by atoms with Gasteiger partial charge in [0.05, 0.1) is 0 Å². The number of carbonyl (C=O) groups is 1. The fraction of sp³-hybridized carbons (Fsp3) is 0.400. The maximum absolute atomic E-state index is 11.2. The molecule has 0 radical (unpaired) electrons. The van der Waals surface area contributed by atoms with Crippen molar-refractivity contribution in [2.75, 3.05) is 6.61 Å². The quantitative estimate of drug-likeness (QED) is 0.899. The van der Waals surface area contributed by atoms with Crippen LogP contribution in [0.4, 0.5) is 0 Å². The van der Waals surface area contributed by atoms with Gasteiger partial charge in [-0.15, -0.1) is 16.4 Å². The smallest absolute Gasteiger partial charge is 0.358 e. The van der Waals surface area contributed by atoms with Gasteiger partial charge in [-0.25, -0.2) is 9.78 Å². The van der Waals surface area contributed by atoms with Gasteiger partial charge in [-0.2, -0.15) is 4.68 Å². The van der Waals surface area contributed by atoms with Gasteiger partial charge in [0, 0.05) is 18.2 Å². The summed E-state index contributed by atoms with van der Waals surface area (Å²) in [5, 5.41) is 19.1. The molecule has 18 heavy (non-hydrogen) atoms. The lowest BCUT2D eigenvalue weighted by atomic mass is 10.1. The highest BCUT2D eigenvalue weighted by Gasteiger charge is 2.30. The van der Waals surface area contributed by atoms with Crippen molar-refractivity contribution in [1.29, 1.82) is 0 Å². The molecule has 2 aromatic heterocycles. The van der Waals surface area contributed by atoms with Gasteiger partial charge in [-0.3, -0.25) is 0 Å². The molecule has 1 N–H and O–H groups in total. The Morgan fingerprint density at radius 1 is 1.61 bits per heavy atom. The van der Waals surface area contributed by atoms with E-state index in [9.17, 15) is 4.79 Å². The van der Waals surface area contributed by atoms with Gasteiger partial charge in [-0.05, 0) is 12.8 Å². The lowest BCUT2D eigenvalue weighted by Gasteiger charge is -2.10. The summed E-state index contributed by atoms with van der Waals surface area (Å²) in [6.45, 7) is 0.632. The minimum Gasteiger partial charge on any atom is -0.476 e. The summed E-state index contributed by atoms with van der Waals surface area (Å²) in [6.07, 6.45) is 3.06. The van der Waals surface area contributed by atoms with E-state index in [0.29, 0.717) is 17.4 Å². The SMILES string of the molecule is O=C(O)c1nnn(-c2nccs2)c1C1CCCO1. The van der Waals surface area contributed by atoms with Gasteiger partial charge in [0.2, 0.25) is 5.13 Å². The average molecular weight is 266 g/mol. The predicted octanol–water partition coefficient (Wildman–Crippen LogP) is 1.27. The number of hydrogen-bond donors (Lipinski definition) is 1. The van der Waals surface area contributed by atoms with Crippen LogP contribution in [0.3, 0.4) is 0 Å². The van der Waals surface area contributed by atoms with Crippen molar-refractivity contribution in [3.63, 3.8) is 0 Å². The third-order valence-corrected chi connectivity index (χ3v) is 3.49. The highest BCUT2D eigenvalue weighted by atomic mass is 32.1. The van der Waals surface area contributed by atoms with Gasteiger partial charge in [0.1, 0.15) is 11.8 Å². The number of rotatable bonds is 3. The summed E-state index contributed by atoms with van der Waals surface area (Å²) in [7, 11) is 0. The fourth-order valence-electron chi connectivity index (χ4n) is 1.99. The van der Waals surface area contributed by atoms with Crippen LogP contribution in [0.2, 0.25) is 0 Å². The van der Waals surface area contributed by atoms with E-state index in [1.165, 1.54) is 16.0 Å². The maximum atomic E-state index is 11.2. The lowest BCUT2D eigenvalue weighted by Crippen LogP contribution is -2.11. The highest BCUT2D eigenvalue weighted by Crippen LogP contribution is 2.31. The normalized spacial score (nSPS) is 19.2. The summed E-state index contributed by atoms with van der Waals surface area (Å²) >= 11 is 1.37. The minimum absolute atomic E-state index is 0.0582. The zero-order chi connectivity index (χ0) is 12.5. The molecule has 0 amide bonds. The molecule has 0 saturated carbocycles. The summed E-state index contributed by atoms with van der Waals surface area (Å²) in [4.78, 5) is 15.3.